The molecule has 0 unspecified atom stereocenters. The second-order valence-corrected chi connectivity index (χ2v) is 7.74. The molecule has 126 valence electrons. The zero-order valence-electron chi connectivity index (χ0n) is 14.5. The summed E-state index contributed by atoms with van der Waals surface area (Å²) < 4.78 is 1.79. The maximum absolute atomic E-state index is 4.89. The number of aryl methyl sites for hydroxylation is 1. The Kier molecular flexibility index (Phi) is 4.78. The van der Waals surface area contributed by atoms with E-state index in [9.17, 15) is 0 Å². The second-order valence-electron chi connectivity index (χ2n) is 6.85. The average Bonchev–Trinajstić information content (AvgIpc) is 3.18. The molecule has 0 amide bonds. The van der Waals surface area contributed by atoms with Crippen LogP contribution in [0.4, 0.5) is 0 Å². The van der Waals surface area contributed by atoms with Crippen molar-refractivity contribution in [2.24, 2.45) is 7.05 Å². The van der Waals surface area contributed by atoms with E-state index >= 15 is 0 Å². The van der Waals surface area contributed by atoms with E-state index in [0.717, 1.165) is 16.5 Å². The lowest BCUT2D eigenvalue weighted by Crippen LogP contribution is -2.24. The third-order valence-electron chi connectivity index (χ3n) is 3.94. The Labute approximate surface area is 146 Å². The Morgan fingerprint density at radius 3 is 2.54 bits per heavy atom. The maximum Gasteiger partial charge on any atom is 0.140 e. The highest BCUT2D eigenvalue weighted by atomic mass is 32.1. The van der Waals surface area contributed by atoms with Gasteiger partial charge in [0.25, 0.3) is 0 Å². The summed E-state index contributed by atoms with van der Waals surface area (Å²) in [6.45, 7) is 7.21. The number of benzene rings is 1. The third-order valence-corrected chi connectivity index (χ3v) is 4.85. The van der Waals surface area contributed by atoms with Crippen LogP contribution < -0.4 is 5.32 Å². The Morgan fingerprint density at radius 1 is 1.21 bits per heavy atom. The van der Waals surface area contributed by atoms with Crippen molar-refractivity contribution in [3.63, 3.8) is 0 Å². The highest BCUT2D eigenvalue weighted by Crippen LogP contribution is 2.30. The van der Waals surface area contributed by atoms with Crippen LogP contribution in [0.5, 0.6) is 0 Å². The molecule has 0 saturated carbocycles. The van der Waals surface area contributed by atoms with E-state index in [2.05, 4.69) is 65.8 Å². The Bertz CT molecular complexity index is 785. The van der Waals surface area contributed by atoms with Gasteiger partial charge in [-0.2, -0.15) is 5.10 Å². The molecule has 0 bridgehead atoms. The van der Waals surface area contributed by atoms with Crippen LogP contribution in [-0.4, -0.2) is 19.7 Å². The molecule has 0 saturated heterocycles. The van der Waals surface area contributed by atoms with Crippen LogP contribution in [0.1, 0.15) is 48.9 Å². The highest BCUT2D eigenvalue weighted by Gasteiger charge is 2.22. The number of hydrogen-bond donors (Lipinski definition) is 1. The molecule has 0 aliphatic carbocycles. The van der Waals surface area contributed by atoms with Gasteiger partial charge in [0.15, 0.2) is 0 Å². The molecule has 24 heavy (non-hydrogen) atoms. The first kappa shape index (κ1) is 16.8. The third kappa shape index (κ3) is 3.71. The van der Waals surface area contributed by atoms with Crippen molar-refractivity contribution in [1.82, 2.24) is 25.1 Å². The van der Waals surface area contributed by atoms with Crippen molar-refractivity contribution < 1.29 is 0 Å². The van der Waals surface area contributed by atoms with Crippen LogP contribution in [0, 0.1) is 0 Å². The number of thiazole rings is 1. The first-order chi connectivity index (χ1) is 11.4. The first-order valence-electron chi connectivity index (χ1n) is 8.02. The molecule has 5 nitrogen and oxygen atoms in total. The minimum absolute atomic E-state index is 0.0454. The smallest absolute Gasteiger partial charge is 0.140 e. The quantitative estimate of drug-likeness (QED) is 0.772. The summed E-state index contributed by atoms with van der Waals surface area (Å²) in [5.41, 5.74) is 2.39. The minimum atomic E-state index is 0.0454. The summed E-state index contributed by atoms with van der Waals surface area (Å²) in [4.78, 5) is 9.19. The summed E-state index contributed by atoms with van der Waals surface area (Å²) in [7, 11) is 1.91. The van der Waals surface area contributed by atoms with E-state index in [-0.39, 0.29) is 11.5 Å². The Hall–Kier alpha value is -2.05. The van der Waals surface area contributed by atoms with Crippen LogP contribution in [0.3, 0.4) is 0 Å². The molecule has 3 rings (SSSR count). The van der Waals surface area contributed by atoms with Gasteiger partial charge in [-0.15, -0.1) is 11.3 Å². The Morgan fingerprint density at radius 2 is 1.96 bits per heavy atom. The zero-order chi connectivity index (χ0) is 17.2. The van der Waals surface area contributed by atoms with Gasteiger partial charge in [-0.1, -0.05) is 51.1 Å². The van der Waals surface area contributed by atoms with Crippen molar-refractivity contribution in [2.75, 3.05) is 0 Å². The largest absolute Gasteiger partial charge is 0.297 e. The first-order valence-corrected chi connectivity index (χ1v) is 8.90. The van der Waals surface area contributed by atoms with E-state index in [1.54, 1.807) is 22.3 Å². The van der Waals surface area contributed by atoms with Crippen molar-refractivity contribution in [3.05, 3.63) is 64.1 Å². The number of hydrogen-bond acceptors (Lipinski definition) is 5. The molecule has 1 aromatic carbocycles. The molecule has 0 aliphatic rings. The second kappa shape index (κ2) is 6.83. The van der Waals surface area contributed by atoms with Gasteiger partial charge in [0.2, 0.25) is 0 Å². The van der Waals surface area contributed by atoms with Gasteiger partial charge < -0.3 is 0 Å². The van der Waals surface area contributed by atoms with Gasteiger partial charge in [0, 0.05) is 17.8 Å². The lowest BCUT2D eigenvalue weighted by Gasteiger charge is -2.18. The monoisotopic (exact) mass is 341 g/mol. The SMILES string of the molecule is Cn1ncnc1CN[C@@H](c1ccccc1)c1nc(C(C)(C)C)cs1. The van der Waals surface area contributed by atoms with Gasteiger partial charge in [0.05, 0.1) is 18.3 Å². The van der Waals surface area contributed by atoms with E-state index < -0.39 is 0 Å². The van der Waals surface area contributed by atoms with Gasteiger partial charge >= 0.3 is 0 Å². The number of nitrogens with zero attached hydrogens (tertiary/aromatic N) is 4. The molecule has 1 atom stereocenters. The average molecular weight is 341 g/mol. The molecule has 2 aromatic heterocycles. The molecule has 3 aromatic rings. The summed E-state index contributed by atoms with van der Waals surface area (Å²) in [6.07, 6.45) is 1.58. The highest BCUT2D eigenvalue weighted by molar-refractivity contribution is 7.09. The maximum atomic E-state index is 4.89. The Balaban J connectivity index is 1.88. The molecule has 0 fully saturated rings. The van der Waals surface area contributed by atoms with Crippen LogP contribution >= 0.6 is 11.3 Å². The molecule has 6 heteroatoms. The van der Waals surface area contributed by atoms with Crippen molar-refractivity contribution in [3.8, 4) is 0 Å². The molecule has 1 N–H and O–H groups in total. The van der Waals surface area contributed by atoms with Crippen LogP contribution in [0.25, 0.3) is 0 Å². The van der Waals surface area contributed by atoms with E-state index in [1.165, 1.54) is 5.56 Å². The molecule has 0 spiro atoms. The molecule has 0 aliphatic heterocycles. The van der Waals surface area contributed by atoms with Gasteiger partial charge in [-0.25, -0.2) is 9.97 Å². The minimum Gasteiger partial charge on any atom is -0.297 e. The topological polar surface area (TPSA) is 55.6 Å². The summed E-state index contributed by atoms with van der Waals surface area (Å²) in [6, 6.07) is 10.5. The summed E-state index contributed by atoms with van der Waals surface area (Å²) in [5, 5.41) is 11.0. The molecule has 0 radical (unpaired) electrons. The van der Waals surface area contributed by atoms with E-state index in [4.69, 9.17) is 4.98 Å². The van der Waals surface area contributed by atoms with Crippen molar-refractivity contribution in [1.29, 1.82) is 0 Å². The predicted molar refractivity (Wildman–Crippen MR) is 96.9 cm³/mol. The fraction of sp³-hybridized carbons (Fsp3) is 0.389. The standard InChI is InChI=1S/C18H23N5S/c1-18(2,3)14-11-24-17(22-14)16(13-8-6-5-7-9-13)19-10-15-20-12-21-23(15)4/h5-9,11-12,16,19H,10H2,1-4H3/t16-/m0/s1. The lowest BCUT2D eigenvalue weighted by atomic mass is 9.93. The van der Waals surface area contributed by atoms with Crippen LogP contribution in [0.2, 0.25) is 0 Å². The number of aromatic nitrogens is 4. The van der Waals surface area contributed by atoms with Crippen molar-refractivity contribution >= 4 is 11.3 Å². The number of nitrogens with one attached hydrogen (secondary N) is 1. The molecular weight excluding hydrogens is 318 g/mol. The fourth-order valence-corrected chi connectivity index (χ4v) is 3.58. The summed E-state index contributed by atoms with van der Waals surface area (Å²) in [5.74, 6) is 0.906. The predicted octanol–water partition coefficient (Wildman–Crippen LogP) is 3.45. The van der Waals surface area contributed by atoms with Gasteiger partial charge in [-0.3, -0.25) is 10.00 Å². The van der Waals surface area contributed by atoms with Crippen LogP contribution in [-0.2, 0) is 19.0 Å². The normalized spacial score (nSPS) is 13.2. The molecule has 2 heterocycles. The van der Waals surface area contributed by atoms with Gasteiger partial charge in [-0.05, 0) is 5.56 Å². The van der Waals surface area contributed by atoms with E-state index in [1.807, 2.05) is 13.1 Å². The van der Waals surface area contributed by atoms with Crippen molar-refractivity contribution in [2.45, 2.75) is 38.8 Å². The fourth-order valence-electron chi connectivity index (χ4n) is 2.43. The lowest BCUT2D eigenvalue weighted by molar-refractivity contribution is 0.544. The van der Waals surface area contributed by atoms with E-state index in [0.29, 0.717) is 6.54 Å². The van der Waals surface area contributed by atoms with Gasteiger partial charge in [0.1, 0.15) is 17.2 Å². The molecular formula is C18H23N5S. The summed E-state index contributed by atoms with van der Waals surface area (Å²) >= 11 is 1.70. The van der Waals surface area contributed by atoms with Crippen LogP contribution in [0.15, 0.2) is 42.0 Å². The zero-order valence-corrected chi connectivity index (χ0v) is 15.3. The number of rotatable bonds is 5.